The smallest absolute Gasteiger partial charge is 0.344 e. The van der Waals surface area contributed by atoms with Crippen molar-refractivity contribution >= 4 is 27.9 Å². The zero-order valence-corrected chi connectivity index (χ0v) is 19.7. The molecule has 0 radical (unpaired) electrons. The van der Waals surface area contributed by atoms with Crippen LogP contribution in [-0.4, -0.2) is 36.8 Å². The van der Waals surface area contributed by atoms with Crippen molar-refractivity contribution in [3.8, 4) is 0 Å². The molecule has 1 atom stereocenters. The van der Waals surface area contributed by atoms with Gasteiger partial charge in [-0.25, -0.2) is 17.9 Å². The fourth-order valence-corrected chi connectivity index (χ4v) is 4.60. The van der Waals surface area contributed by atoms with Gasteiger partial charge in [-0.05, 0) is 61.7 Å². The maximum atomic E-state index is 12.9. The molecule has 4 amide bonds. The molecule has 1 fully saturated rings. The first-order valence-electron chi connectivity index (χ1n) is 10.8. The molecule has 1 aliphatic rings. The van der Waals surface area contributed by atoms with Gasteiger partial charge in [0.1, 0.15) is 11.3 Å². The van der Waals surface area contributed by atoms with E-state index >= 15 is 0 Å². The number of imide groups is 1. The van der Waals surface area contributed by atoms with Crippen LogP contribution in [0.15, 0.2) is 82.3 Å². The average molecular weight is 497 g/mol. The number of hydrazine groups is 1. The van der Waals surface area contributed by atoms with Gasteiger partial charge in [-0.15, -0.1) is 0 Å². The summed E-state index contributed by atoms with van der Waals surface area (Å²) in [6.45, 7) is 1.59. The van der Waals surface area contributed by atoms with Gasteiger partial charge in [-0.2, -0.15) is 5.01 Å². The van der Waals surface area contributed by atoms with Crippen LogP contribution in [0.2, 0.25) is 0 Å². The number of rotatable bonds is 9. The predicted octanol–water partition coefficient (Wildman–Crippen LogP) is 2.35. The summed E-state index contributed by atoms with van der Waals surface area (Å²) >= 11 is 0. The maximum absolute atomic E-state index is 12.9. The van der Waals surface area contributed by atoms with Gasteiger partial charge in [0.15, 0.2) is 0 Å². The molecule has 182 valence electrons. The number of hydrogen-bond donors (Lipinski definition) is 3. The summed E-state index contributed by atoms with van der Waals surface area (Å²) < 4.78 is 32.4. The van der Waals surface area contributed by atoms with Crippen LogP contribution in [0.4, 0.5) is 4.79 Å². The predicted molar refractivity (Wildman–Crippen MR) is 125 cm³/mol. The van der Waals surface area contributed by atoms with Gasteiger partial charge >= 0.3 is 6.03 Å². The second-order valence-corrected chi connectivity index (χ2v) is 10.0. The lowest BCUT2D eigenvalue weighted by molar-refractivity contribution is -0.132. The largest absolute Gasteiger partial charge is 0.468 e. The number of urea groups is 1. The first-order valence-corrected chi connectivity index (χ1v) is 12.3. The second kappa shape index (κ2) is 9.72. The fourth-order valence-electron chi connectivity index (χ4n) is 3.61. The van der Waals surface area contributed by atoms with E-state index in [0.717, 1.165) is 5.56 Å². The number of carbonyl (C=O) groups excluding carboxylic acids is 3. The summed E-state index contributed by atoms with van der Waals surface area (Å²) in [5, 5.41) is 3.29. The van der Waals surface area contributed by atoms with Crippen LogP contribution in [0.5, 0.6) is 0 Å². The van der Waals surface area contributed by atoms with Crippen LogP contribution in [0, 0.1) is 0 Å². The van der Waals surface area contributed by atoms with Crippen molar-refractivity contribution in [3.05, 3.63) is 89.9 Å². The molecule has 0 saturated carbocycles. The van der Waals surface area contributed by atoms with Gasteiger partial charge in [-0.1, -0.05) is 30.3 Å². The lowest BCUT2D eigenvalue weighted by atomic mass is 9.93. The number of furan rings is 1. The normalized spacial score (nSPS) is 17.9. The quantitative estimate of drug-likeness (QED) is 0.389. The maximum Gasteiger partial charge on any atom is 0.344 e. The minimum Gasteiger partial charge on any atom is -0.468 e. The van der Waals surface area contributed by atoms with Crippen molar-refractivity contribution in [2.75, 3.05) is 0 Å². The van der Waals surface area contributed by atoms with E-state index in [9.17, 15) is 22.8 Å². The molecule has 11 heteroatoms. The minimum absolute atomic E-state index is 0.0210. The first-order chi connectivity index (χ1) is 16.7. The molecule has 4 rings (SSSR count). The van der Waals surface area contributed by atoms with Crippen LogP contribution < -0.4 is 15.5 Å². The van der Waals surface area contributed by atoms with Crippen molar-refractivity contribution in [1.29, 1.82) is 0 Å². The Hall–Kier alpha value is -3.96. The van der Waals surface area contributed by atoms with E-state index in [0.29, 0.717) is 23.6 Å². The van der Waals surface area contributed by atoms with E-state index < -0.39 is 33.4 Å². The second-order valence-electron chi connectivity index (χ2n) is 8.26. The van der Waals surface area contributed by atoms with E-state index in [4.69, 9.17) is 4.42 Å². The van der Waals surface area contributed by atoms with Crippen LogP contribution in [0.25, 0.3) is 0 Å². The summed E-state index contributed by atoms with van der Waals surface area (Å²) in [7, 11) is -3.83. The fraction of sp³-hybridized carbons (Fsp3) is 0.208. The topological polar surface area (TPSA) is 138 Å². The Balaban J connectivity index is 1.38. The standard InChI is InChI=1S/C24H24N4O6S/c1-24(14-13-17-6-3-2-4-7-17)22(30)28(23(31)26-24)27-21(29)18-9-11-20(12-10-18)35(32,33)25-16-19-8-5-15-34-19/h2-12,15,25H,13-14,16H2,1H3,(H,26,31)(H,27,29)/t24-/m0/s1. The van der Waals surface area contributed by atoms with Gasteiger partial charge in [0.2, 0.25) is 10.0 Å². The van der Waals surface area contributed by atoms with Crippen LogP contribution in [0.1, 0.15) is 35.0 Å². The van der Waals surface area contributed by atoms with Crippen molar-refractivity contribution in [2.24, 2.45) is 0 Å². The zero-order valence-electron chi connectivity index (χ0n) is 18.9. The summed E-state index contributed by atoms with van der Waals surface area (Å²) in [5.41, 5.74) is 2.23. The van der Waals surface area contributed by atoms with Gasteiger partial charge in [0.25, 0.3) is 11.8 Å². The van der Waals surface area contributed by atoms with Crippen LogP contribution in [0.3, 0.4) is 0 Å². The van der Waals surface area contributed by atoms with Crippen molar-refractivity contribution in [3.63, 3.8) is 0 Å². The Kier molecular flexibility index (Phi) is 6.72. The molecule has 3 aromatic rings. The third-order valence-corrected chi connectivity index (χ3v) is 7.09. The van der Waals surface area contributed by atoms with Crippen LogP contribution >= 0.6 is 0 Å². The van der Waals surface area contributed by atoms with E-state index in [1.165, 1.54) is 30.5 Å². The third-order valence-electron chi connectivity index (χ3n) is 5.67. The molecule has 0 unspecified atom stereocenters. The Labute approximate surface area is 202 Å². The summed E-state index contributed by atoms with van der Waals surface area (Å²) in [5.74, 6) is -0.852. The highest BCUT2D eigenvalue weighted by atomic mass is 32.2. The number of benzene rings is 2. The molecule has 1 aromatic heterocycles. The molecule has 0 spiro atoms. The molecule has 2 heterocycles. The number of nitrogens with zero attached hydrogens (tertiary/aromatic N) is 1. The Morgan fingerprint density at radius 1 is 1.03 bits per heavy atom. The molecular weight excluding hydrogens is 472 g/mol. The lowest BCUT2D eigenvalue weighted by Gasteiger charge is -2.21. The number of amides is 4. The number of nitrogens with one attached hydrogen (secondary N) is 3. The van der Waals surface area contributed by atoms with Gasteiger partial charge < -0.3 is 9.73 Å². The van der Waals surface area contributed by atoms with E-state index in [2.05, 4.69) is 15.5 Å². The molecule has 0 bridgehead atoms. The van der Waals surface area contributed by atoms with Gasteiger partial charge in [0.05, 0.1) is 17.7 Å². The average Bonchev–Trinajstić information content (AvgIpc) is 3.45. The summed E-state index contributed by atoms with van der Waals surface area (Å²) in [4.78, 5) is 37.9. The molecular formula is C24H24N4O6S. The highest BCUT2D eigenvalue weighted by Crippen LogP contribution is 2.22. The highest BCUT2D eigenvalue weighted by Gasteiger charge is 2.48. The van der Waals surface area contributed by atoms with Gasteiger partial charge in [0, 0.05) is 5.56 Å². The summed E-state index contributed by atoms with van der Waals surface area (Å²) in [6.07, 6.45) is 2.36. The summed E-state index contributed by atoms with van der Waals surface area (Å²) in [6, 6.07) is 17.2. The minimum atomic E-state index is -3.83. The monoisotopic (exact) mass is 496 g/mol. The molecule has 0 aliphatic carbocycles. The Bertz CT molecular complexity index is 1320. The SMILES string of the molecule is C[C@@]1(CCc2ccccc2)NC(=O)N(NC(=O)c2ccc(S(=O)(=O)NCc3ccco3)cc2)C1=O. The molecule has 3 N–H and O–H groups in total. The van der Waals surface area contributed by atoms with Crippen molar-refractivity contribution in [1.82, 2.24) is 20.5 Å². The zero-order chi connectivity index (χ0) is 25.1. The lowest BCUT2D eigenvalue weighted by Crippen LogP contribution is -2.48. The Morgan fingerprint density at radius 3 is 2.40 bits per heavy atom. The number of sulfonamides is 1. The molecule has 2 aromatic carbocycles. The Morgan fingerprint density at radius 2 is 1.74 bits per heavy atom. The van der Waals surface area contributed by atoms with E-state index in [1.807, 2.05) is 30.3 Å². The molecule has 1 saturated heterocycles. The number of carbonyl (C=O) groups is 3. The third kappa shape index (κ3) is 5.42. The highest BCUT2D eigenvalue weighted by molar-refractivity contribution is 7.89. The molecule has 1 aliphatic heterocycles. The van der Waals surface area contributed by atoms with Crippen molar-refractivity contribution in [2.45, 2.75) is 36.7 Å². The first kappa shape index (κ1) is 24.2. The van der Waals surface area contributed by atoms with Crippen molar-refractivity contribution < 1.29 is 27.2 Å². The van der Waals surface area contributed by atoms with Gasteiger partial charge in [-0.3, -0.25) is 15.0 Å². The van der Waals surface area contributed by atoms with Crippen LogP contribution in [-0.2, 0) is 27.8 Å². The van der Waals surface area contributed by atoms with E-state index in [-0.39, 0.29) is 17.0 Å². The number of aryl methyl sites for hydroxylation is 1. The molecule has 10 nitrogen and oxygen atoms in total. The van der Waals surface area contributed by atoms with E-state index in [1.54, 1.807) is 19.1 Å². The number of hydrogen-bond acceptors (Lipinski definition) is 6. The molecule has 35 heavy (non-hydrogen) atoms.